The van der Waals surface area contributed by atoms with E-state index >= 15 is 0 Å². The van der Waals surface area contributed by atoms with Crippen molar-refractivity contribution in [1.29, 1.82) is 0 Å². The lowest BCUT2D eigenvalue weighted by Gasteiger charge is -2.29. The first-order valence-corrected chi connectivity index (χ1v) is 10.3. The van der Waals surface area contributed by atoms with Gasteiger partial charge in [0.25, 0.3) is 0 Å². The molecule has 0 bridgehead atoms. The van der Waals surface area contributed by atoms with Crippen LogP contribution >= 0.6 is 15.9 Å². The van der Waals surface area contributed by atoms with Crippen molar-refractivity contribution in [1.82, 2.24) is 0 Å². The minimum Gasteiger partial charge on any atom is -0.465 e. The maximum absolute atomic E-state index is 12.8. The van der Waals surface area contributed by atoms with Crippen LogP contribution in [0.4, 0.5) is 11.4 Å². The topological polar surface area (TPSA) is 63.7 Å². The van der Waals surface area contributed by atoms with Crippen molar-refractivity contribution in [3.05, 3.63) is 63.6 Å². The lowest BCUT2D eigenvalue weighted by Crippen LogP contribution is -2.26. The number of ether oxygens (including phenoxy) is 1. The van der Waals surface area contributed by atoms with Gasteiger partial charge in [0.15, 0.2) is 4.91 Å². The van der Waals surface area contributed by atoms with Crippen LogP contribution in [-0.2, 0) is 19.4 Å². The van der Waals surface area contributed by atoms with Crippen LogP contribution in [0.2, 0.25) is 0 Å². The molecule has 1 heterocycles. The first-order valence-electron chi connectivity index (χ1n) is 7.99. The van der Waals surface area contributed by atoms with Crippen LogP contribution < -0.4 is 4.90 Å². The molecule has 0 saturated heterocycles. The van der Waals surface area contributed by atoms with Gasteiger partial charge in [-0.05, 0) is 41.8 Å². The second-order valence-corrected chi connectivity index (χ2v) is 9.02. The fourth-order valence-electron chi connectivity index (χ4n) is 2.78. The van der Waals surface area contributed by atoms with Gasteiger partial charge in [0.1, 0.15) is 0 Å². The summed E-state index contributed by atoms with van der Waals surface area (Å²) in [6.45, 7) is 4.20. The third-order valence-electron chi connectivity index (χ3n) is 4.23. The number of fused-ring (bicyclic) bond motifs is 1. The van der Waals surface area contributed by atoms with Gasteiger partial charge in [0.2, 0.25) is 9.84 Å². The average molecular weight is 436 g/mol. The molecule has 0 aromatic heterocycles. The van der Waals surface area contributed by atoms with Gasteiger partial charge in [-0.1, -0.05) is 41.9 Å². The number of carbonyl (C=O) groups is 1. The second kappa shape index (κ2) is 6.89. The minimum absolute atomic E-state index is 0.0662. The van der Waals surface area contributed by atoms with E-state index in [-0.39, 0.29) is 9.80 Å². The SMILES string of the molecule is COC(=O)C1=CN(c2ccc(C(C)C)cc2)c2cc(Br)ccc2S1(=O)=O. The van der Waals surface area contributed by atoms with Gasteiger partial charge >= 0.3 is 5.97 Å². The van der Waals surface area contributed by atoms with Crippen LogP contribution in [0.3, 0.4) is 0 Å². The lowest BCUT2D eigenvalue weighted by atomic mass is 10.0. The Morgan fingerprint density at radius 2 is 1.77 bits per heavy atom. The Morgan fingerprint density at radius 1 is 1.12 bits per heavy atom. The second-order valence-electron chi connectivity index (χ2n) is 6.22. The lowest BCUT2D eigenvalue weighted by molar-refractivity contribution is -0.135. The summed E-state index contributed by atoms with van der Waals surface area (Å²) in [6.07, 6.45) is 1.32. The quantitative estimate of drug-likeness (QED) is 0.663. The van der Waals surface area contributed by atoms with E-state index in [4.69, 9.17) is 0 Å². The number of nitrogens with zero attached hydrogens (tertiary/aromatic N) is 1. The number of esters is 1. The number of hydrogen-bond donors (Lipinski definition) is 0. The summed E-state index contributed by atoms with van der Waals surface area (Å²) in [5, 5.41) is 0. The highest BCUT2D eigenvalue weighted by atomic mass is 79.9. The van der Waals surface area contributed by atoms with Gasteiger partial charge < -0.3 is 9.64 Å². The van der Waals surface area contributed by atoms with Crippen LogP contribution in [0.5, 0.6) is 0 Å². The van der Waals surface area contributed by atoms with Crippen LogP contribution in [0.15, 0.2) is 62.9 Å². The van der Waals surface area contributed by atoms with E-state index in [2.05, 4.69) is 34.5 Å². The molecule has 1 aliphatic rings. The van der Waals surface area contributed by atoms with E-state index in [1.165, 1.54) is 17.8 Å². The molecule has 1 aliphatic heterocycles. The molecule has 0 fully saturated rings. The molecule has 0 radical (unpaired) electrons. The number of anilines is 2. The standard InChI is InChI=1S/C19H18BrNO4S/c1-12(2)13-4-7-15(8-5-13)21-11-18(19(22)25-3)26(23,24)17-9-6-14(20)10-16(17)21/h4-12H,1-3H3. The molecule has 0 aliphatic carbocycles. The Kier molecular flexibility index (Phi) is 4.94. The molecule has 26 heavy (non-hydrogen) atoms. The largest absolute Gasteiger partial charge is 0.465 e. The molecule has 2 aromatic rings. The smallest absolute Gasteiger partial charge is 0.351 e. The number of benzene rings is 2. The Bertz CT molecular complexity index is 995. The normalized spacial score (nSPS) is 15.4. The first-order chi connectivity index (χ1) is 12.3. The molecule has 7 heteroatoms. The maximum atomic E-state index is 12.8. The minimum atomic E-state index is -3.95. The van der Waals surface area contributed by atoms with Crippen molar-refractivity contribution in [2.24, 2.45) is 0 Å². The molecule has 5 nitrogen and oxygen atoms in total. The first kappa shape index (κ1) is 18.7. The number of sulfone groups is 1. The number of hydrogen-bond acceptors (Lipinski definition) is 5. The van der Waals surface area contributed by atoms with E-state index in [1.807, 2.05) is 24.3 Å². The third-order valence-corrected chi connectivity index (χ3v) is 6.50. The molecule has 0 amide bonds. The van der Waals surface area contributed by atoms with E-state index in [0.717, 1.165) is 17.3 Å². The Hall–Kier alpha value is -2.12. The monoisotopic (exact) mass is 435 g/mol. The zero-order valence-electron chi connectivity index (χ0n) is 14.6. The summed E-state index contributed by atoms with van der Waals surface area (Å²) in [6, 6.07) is 12.6. The fraction of sp³-hybridized carbons (Fsp3) is 0.211. The molecule has 2 aromatic carbocycles. The number of methoxy groups -OCH3 is 1. The number of carbonyl (C=O) groups excluding carboxylic acids is 1. The summed E-state index contributed by atoms with van der Waals surface area (Å²) >= 11 is 3.38. The third kappa shape index (κ3) is 3.17. The van der Waals surface area contributed by atoms with Crippen LogP contribution in [0, 0.1) is 0 Å². The Labute approximate surface area is 161 Å². The molecule has 0 N–H and O–H groups in total. The average Bonchev–Trinajstić information content (AvgIpc) is 2.61. The zero-order chi connectivity index (χ0) is 19.1. The summed E-state index contributed by atoms with van der Waals surface area (Å²) in [7, 11) is -2.79. The van der Waals surface area contributed by atoms with Crippen LogP contribution in [0.1, 0.15) is 25.3 Å². The highest BCUT2D eigenvalue weighted by molar-refractivity contribution is 9.10. The van der Waals surface area contributed by atoms with Gasteiger partial charge in [-0.25, -0.2) is 13.2 Å². The van der Waals surface area contributed by atoms with Crippen molar-refractivity contribution in [3.8, 4) is 0 Å². The van der Waals surface area contributed by atoms with Crippen molar-refractivity contribution in [2.45, 2.75) is 24.7 Å². The van der Waals surface area contributed by atoms with Gasteiger partial charge in [0, 0.05) is 16.4 Å². The number of halogens is 1. The molecule has 0 atom stereocenters. The van der Waals surface area contributed by atoms with E-state index in [1.54, 1.807) is 17.0 Å². The summed E-state index contributed by atoms with van der Waals surface area (Å²) in [5.41, 5.74) is 2.40. The molecular formula is C19H18BrNO4S. The summed E-state index contributed by atoms with van der Waals surface area (Å²) < 4.78 is 31.1. The van der Waals surface area contributed by atoms with E-state index in [0.29, 0.717) is 11.6 Å². The van der Waals surface area contributed by atoms with Crippen molar-refractivity contribution in [2.75, 3.05) is 12.0 Å². The summed E-state index contributed by atoms with van der Waals surface area (Å²) in [4.78, 5) is 13.4. The fourth-order valence-corrected chi connectivity index (χ4v) is 4.59. The van der Waals surface area contributed by atoms with Crippen molar-refractivity contribution >= 4 is 43.1 Å². The van der Waals surface area contributed by atoms with Gasteiger partial charge in [-0.15, -0.1) is 0 Å². The maximum Gasteiger partial charge on any atom is 0.351 e. The highest BCUT2D eigenvalue weighted by Crippen LogP contribution is 2.41. The van der Waals surface area contributed by atoms with Crippen molar-refractivity contribution < 1.29 is 17.9 Å². The van der Waals surface area contributed by atoms with E-state index < -0.39 is 15.8 Å². The number of rotatable bonds is 3. The highest BCUT2D eigenvalue weighted by Gasteiger charge is 2.36. The van der Waals surface area contributed by atoms with Gasteiger partial charge in [0.05, 0.1) is 17.7 Å². The summed E-state index contributed by atoms with van der Waals surface area (Å²) in [5.74, 6) is -0.504. The molecule has 136 valence electrons. The Balaban J connectivity index is 2.22. The van der Waals surface area contributed by atoms with Crippen LogP contribution in [0.25, 0.3) is 0 Å². The predicted octanol–water partition coefficient (Wildman–Crippen LogP) is 4.51. The molecule has 0 spiro atoms. The molecule has 0 saturated carbocycles. The predicted molar refractivity (Wildman–Crippen MR) is 104 cm³/mol. The van der Waals surface area contributed by atoms with E-state index in [9.17, 15) is 13.2 Å². The molecule has 3 rings (SSSR count). The van der Waals surface area contributed by atoms with Gasteiger partial charge in [-0.3, -0.25) is 0 Å². The van der Waals surface area contributed by atoms with Crippen molar-refractivity contribution in [3.63, 3.8) is 0 Å². The van der Waals surface area contributed by atoms with Gasteiger partial charge in [-0.2, -0.15) is 0 Å². The Morgan fingerprint density at radius 3 is 2.35 bits per heavy atom. The zero-order valence-corrected chi connectivity index (χ0v) is 17.0. The van der Waals surface area contributed by atoms with Crippen LogP contribution in [-0.4, -0.2) is 21.5 Å². The molecular weight excluding hydrogens is 418 g/mol. The molecule has 0 unspecified atom stereocenters.